The highest BCUT2D eigenvalue weighted by molar-refractivity contribution is 5.76. The number of rotatable bonds is 9. The van der Waals surface area contributed by atoms with Crippen molar-refractivity contribution in [2.75, 3.05) is 13.2 Å². The summed E-state index contributed by atoms with van der Waals surface area (Å²) in [6.07, 6.45) is 4.74. The molecule has 3 N–H and O–H groups in total. The molecule has 0 radical (unpaired) electrons. The summed E-state index contributed by atoms with van der Waals surface area (Å²) in [6.45, 7) is 17.3. The standard InChI is InChI=1S/C22H41NO3/c1-8-17(18-13-22(25,9-2)12-16(18)3)10-11-26-19(24)21(7,15-23)14-20(4,5)6/h17-18,25H,3,8-15,23H2,1-2,4-7H3. The van der Waals surface area contributed by atoms with Gasteiger partial charge in [-0.2, -0.15) is 0 Å². The van der Waals surface area contributed by atoms with E-state index in [4.69, 9.17) is 10.5 Å². The third-order valence-electron chi connectivity index (χ3n) is 6.02. The van der Waals surface area contributed by atoms with Crippen LogP contribution in [-0.2, 0) is 9.53 Å². The van der Waals surface area contributed by atoms with Gasteiger partial charge in [-0.15, -0.1) is 0 Å². The predicted octanol–water partition coefficient (Wildman–Crippen LogP) is 4.45. The van der Waals surface area contributed by atoms with Gasteiger partial charge in [-0.1, -0.05) is 53.2 Å². The minimum absolute atomic E-state index is 0.0191. The summed E-state index contributed by atoms with van der Waals surface area (Å²) in [5.74, 6) is 0.516. The lowest BCUT2D eigenvalue weighted by Gasteiger charge is -2.33. The van der Waals surface area contributed by atoms with E-state index in [1.54, 1.807) is 0 Å². The second-order valence-corrected chi connectivity index (χ2v) is 9.82. The average Bonchev–Trinajstić information content (AvgIpc) is 2.85. The number of esters is 1. The van der Waals surface area contributed by atoms with Crippen LogP contribution < -0.4 is 5.73 Å². The van der Waals surface area contributed by atoms with E-state index < -0.39 is 11.0 Å². The molecule has 26 heavy (non-hydrogen) atoms. The Hall–Kier alpha value is -0.870. The Balaban J connectivity index is 2.62. The Labute approximate surface area is 160 Å². The number of aliphatic hydroxyl groups is 1. The molecule has 4 atom stereocenters. The van der Waals surface area contributed by atoms with Crippen molar-refractivity contribution in [3.8, 4) is 0 Å². The van der Waals surface area contributed by atoms with Gasteiger partial charge in [0, 0.05) is 6.54 Å². The fourth-order valence-corrected chi connectivity index (χ4v) is 4.51. The predicted molar refractivity (Wildman–Crippen MR) is 108 cm³/mol. The summed E-state index contributed by atoms with van der Waals surface area (Å²) in [5.41, 5.74) is 5.82. The van der Waals surface area contributed by atoms with Crippen LogP contribution in [0, 0.1) is 22.7 Å². The zero-order valence-electron chi connectivity index (χ0n) is 17.9. The third kappa shape index (κ3) is 6.09. The maximum absolute atomic E-state index is 12.6. The van der Waals surface area contributed by atoms with E-state index in [-0.39, 0.29) is 11.4 Å². The summed E-state index contributed by atoms with van der Waals surface area (Å²) in [6, 6.07) is 0. The number of carbonyl (C=O) groups excluding carboxylic acids is 1. The lowest BCUT2D eigenvalue weighted by molar-refractivity contribution is -0.156. The second kappa shape index (κ2) is 8.88. The van der Waals surface area contributed by atoms with Crippen LogP contribution in [0.2, 0.25) is 0 Å². The molecule has 0 aromatic rings. The molecule has 4 nitrogen and oxygen atoms in total. The fraction of sp³-hybridized carbons (Fsp3) is 0.864. The fourth-order valence-electron chi connectivity index (χ4n) is 4.51. The highest BCUT2D eigenvalue weighted by Gasteiger charge is 2.41. The number of hydrogen-bond donors (Lipinski definition) is 2. The van der Waals surface area contributed by atoms with Crippen molar-refractivity contribution >= 4 is 5.97 Å². The molecule has 1 aliphatic rings. The number of ether oxygens (including phenoxy) is 1. The van der Waals surface area contributed by atoms with Crippen molar-refractivity contribution in [1.29, 1.82) is 0 Å². The average molecular weight is 368 g/mol. The molecular weight excluding hydrogens is 326 g/mol. The first-order valence-corrected chi connectivity index (χ1v) is 10.2. The zero-order chi connectivity index (χ0) is 20.2. The second-order valence-electron chi connectivity index (χ2n) is 9.82. The monoisotopic (exact) mass is 367 g/mol. The summed E-state index contributed by atoms with van der Waals surface area (Å²) < 4.78 is 5.64. The third-order valence-corrected chi connectivity index (χ3v) is 6.02. The highest BCUT2D eigenvalue weighted by atomic mass is 16.5. The molecule has 4 heteroatoms. The molecular formula is C22H41NO3. The lowest BCUT2D eigenvalue weighted by Crippen LogP contribution is -2.40. The largest absolute Gasteiger partial charge is 0.465 e. The van der Waals surface area contributed by atoms with Crippen LogP contribution in [0.3, 0.4) is 0 Å². The Morgan fingerprint density at radius 2 is 2.00 bits per heavy atom. The molecule has 0 amide bonds. The Morgan fingerprint density at radius 1 is 1.38 bits per heavy atom. The van der Waals surface area contributed by atoms with Gasteiger partial charge in [0.15, 0.2) is 0 Å². The van der Waals surface area contributed by atoms with Gasteiger partial charge in [0.2, 0.25) is 0 Å². The molecule has 1 saturated carbocycles. The van der Waals surface area contributed by atoms with Gasteiger partial charge < -0.3 is 15.6 Å². The van der Waals surface area contributed by atoms with Crippen molar-refractivity contribution in [3.05, 3.63) is 12.2 Å². The van der Waals surface area contributed by atoms with Gasteiger partial charge in [-0.25, -0.2) is 0 Å². The van der Waals surface area contributed by atoms with Crippen LogP contribution in [-0.4, -0.2) is 29.8 Å². The first-order valence-electron chi connectivity index (χ1n) is 10.2. The van der Waals surface area contributed by atoms with E-state index in [0.717, 1.165) is 31.3 Å². The quantitative estimate of drug-likeness (QED) is 0.466. The van der Waals surface area contributed by atoms with Crippen LogP contribution in [0.5, 0.6) is 0 Å². The molecule has 0 heterocycles. The number of hydrogen-bond acceptors (Lipinski definition) is 4. The van der Waals surface area contributed by atoms with E-state index >= 15 is 0 Å². The Kier molecular flexibility index (Phi) is 7.91. The van der Waals surface area contributed by atoms with Crippen LogP contribution in [0.1, 0.15) is 80.1 Å². The minimum atomic E-state index is -0.640. The van der Waals surface area contributed by atoms with E-state index in [1.807, 2.05) is 13.8 Å². The van der Waals surface area contributed by atoms with Gasteiger partial charge in [-0.3, -0.25) is 4.79 Å². The molecule has 4 unspecified atom stereocenters. The van der Waals surface area contributed by atoms with Crippen molar-refractivity contribution in [2.24, 2.45) is 28.4 Å². The van der Waals surface area contributed by atoms with E-state index in [9.17, 15) is 9.90 Å². The molecule has 0 bridgehead atoms. The SMILES string of the molecule is C=C1CC(O)(CC)CC1C(CC)CCOC(=O)C(C)(CN)CC(C)(C)C. The number of carbonyl (C=O) groups is 1. The van der Waals surface area contributed by atoms with E-state index in [0.29, 0.717) is 37.8 Å². The molecule has 0 aromatic carbocycles. The maximum atomic E-state index is 12.6. The Morgan fingerprint density at radius 3 is 2.42 bits per heavy atom. The normalized spacial score (nSPS) is 27.2. The van der Waals surface area contributed by atoms with Crippen molar-refractivity contribution < 1.29 is 14.6 Å². The van der Waals surface area contributed by atoms with Gasteiger partial charge in [-0.05, 0) is 56.3 Å². The van der Waals surface area contributed by atoms with Gasteiger partial charge in [0.05, 0.1) is 17.6 Å². The molecule has 0 aliphatic heterocycles. The first kappa shape index (κ1) is 23.2. The van der Waals surface area contributed by atoms with Crippen molar-refractivity contribution in [2.45, 2.75) is 85.7 Å². The lowest BCUT2D eigenvalue weighted by atomic mass is 9.75. The zero-order valence-corrected chi connectivity index (χ0v) is 17.9. The summed E-state index contributed by atoms with van der Waals surface area (Å²) in [7, 11) is 0. The Bertz CT molecular complexity index is 496. The maximum Gasteiger partial charge on any atom is 0.313 e. The van der Waals surface area contributed by atoms with Crippen LogP contribution >= 0.6 is 0 Å². The summed E-state index contributed by atoms with van der Waals surface area (Å²) in [4.78, 5) is 12.6. The van der Waals surface area contributed by atoms with E-state index in [1.165, 1.54) is 0 Å². The summed E-state index contributed by atoms with van der Waals surface area (Å²) >= 11 is 0. The minimum Gasteiger partial charge on any atom is -0.465 e. The molecule has 0 spiro atoms. The number of nitrogens with two attached hydrogens (primary N) is 1. The van der Waals surface area contributed by atoms with E-state index in [2.05, 4.69) is 34.3 Å². The topological polar surface area (TPSA) is 72.5 Å². The molecule has 1 fully saturated rings. The van der Waals surface area contributed by atoms with Crippen LogP contribution in [0.4, 0.5) is 0 Å². The highest BCUT2D eigenvalue weighted by Crippen LogP contribution is 2.45. The van der Waals surface area contributed by atoms with Crippen molar-refractivity contribution in [3.63, 3.8) is 0 Å². The van der Waals surface area contributed by atoms with Gasteiger partial charge >= 0.3 is 5.97 Å². The molecule has 1 rings (SSSR count). The molecule has 0 saturated heterocycles. The molecule has 0 aromatic heterocycles. The first-order chi connectivity index (χ1) is 11.9. The van der Waals surface area contributed by atoms with Crippen molar-refractivity contribution in [1.82, 2.24) is 0 Å². The van der Waals surface area contributed by atoms with Gasteiger partial charge in [0.25, 0.3) is 0 Å². The van der Waals surface area contributed by atoms with Crippen LogP contribution in [0.15, 0.2) is 12.2 Å². The molecule has 1 aliphatic carbocycles. The summed E-state index contributed by atoms with van der Waals surface area (Å²) in [5, 5.41) is 10.6. The van der Waals surface area contributed by atoms with Crippen LogP contribution in [0.25, 0.3) is 0 Å². The smallest absolute Gasteiger partial charge is 0.313 e. The molecule has 152 valence electrons. The van der Waals surface area contributed by atoms with Gasteiger partial charge in [0.1, 0.15) is 0 Å².